The molecule has 0 spiro atoms. The quantitative estimate of drug-likeness (QED) is 0.423. The Morgan fingerprint density at radius 1 is 1.09 bits per heavy atom. The third-order valence-electron chi connectivity index (χ3n) is 5.96. The first kappa shape index (κ1) is 23.2. The lowest BCUT2D eigenvalue weighted by molar-refractivity contribution is -0.138. The van der Waals surface area contributed by atoms with Crippen molar-refractivity contribution in [3.05, 3.63) is 63.5 Å². The topological polar surface area (TPSA) is 59.5 Å². The Hall–Kier alpha value is -2.99. The number of hydrogen-bond acceptors (Lipinski definition) is 5. The lowest BCUT2D eigenvalue weighted by Crippen LogP contribution is -2.44. The third kappa shape index (κ3) is 4.86. The summed E-state index contributed by atoms with van der Waals surface area (Å²) in [6.45, 7) is 7.60. The normalized spacial score (nSPS) is 14.7. The lowest BCUT2D eigenvalue weighted by Gasteiger charge is -2.30. The Balaban J connectivity index is 1.71. The van der Waals surface area contributed by atoms with Crippen molar-refractivity contribution in [3.63, 3.8) is 0 Å². The molecule has 0 N–H and O–H groups in total. The van der Waals surface area contributed by atoms with E-state index in [0.29, 0.717) is 5.56 Å². The highest BCUT2D eigenvalue weighted by Crippen LogP contribution is 2.36. The van der Waals surface area contributed by atoms with Gasteiger partial charge in [0.2, 0.25) is 0 Å². The number of ether oxygens (including phenoxy) is 1. The molecule has 1 amide bonds. The Morgan fingerprint density at radius 2 is 1.85 bits per heavy atom. The van der Waals surface area contributed by atoms with Gasteiger partial charge in [-0.15, -0.1) is 11.3 Å². The number of amides is 1. The first-order valence-corrected chi connectivity index (χ1v) is 12.4. The van der Waals surface area contributed by atoms with Crippen LogP contribution < -0.4 is 0 Å². The molecule has 0 aliphatic heterocycles. The summed E-state index contributed by atoms with van der Waals surface area (Å²) < 4.78 is 5.61. The highest BCUT2D eigenvalue weighted by atomic mass is 32.1. The molecule has 2 heterocycles. The third-order valence-corrected chi connectivity index (χ3v) is 6.78. The second-order valence-corrected chi connectivity index (χ2v) is 9.91. The smallest absolute Gasteiger partial charge is 0.339 e. The van der Waals surface area contributed by atoms with Gasteiger partial charge in [-0.05, 0) is 81.7 Å². The molecule has 172 valence electrons. The number of carbonyl (C=O) groups is 2. The van der Waals surface area contributed by atoms with Crippen molar-refractivity contribution in [2.24, 2.45) is 0 Å². The maximum absolute atomic E-state index is 13.4. The maximum Gasteiger partial charge on any atom is 0.339 e. The number of benzene rings is 1. The van der Waals surface area contributed by atoms with Gasteiger partial charge in [0.15, 0.2) is 6.61 Å². The second kappa shape index (κ2) is 9.87. The molecule has 0 fully saturated rings. The minimum Gasteiger partial charge on any atom is -0.452 e. The predicted octanol–water partition coefficient (Wildman–Crippen LogP) is 5.98. The van der Waals surface area contributed by atoms with Gasteiger partial charge in [-0.25, -0.2) is 9.78 Å². The molecule has 0 atom stereocenters. The van der Waals surface area contributed by atoms with Gasteiger partial charge in [0.25, 0.3) is 5.91 Å². The van der Waals surface area contributed by atoms with Gasteiger partial charge in [0, 0.05) is 22.3 Å². The molecular formula is C27H30N2O3S. The van der Waals surface area contributed by atoms with Crippen LogP contribution in [0.5, 0.6) is 0 Å². The van der Waals surface area contributed by atoms with E-state index in [1.54, 1.807) is 16.2 Å². The van der Waals surface area contributed by atoms with Crippen molar-refractivity contribution in [2.75, 3.05) is 6.61 Å². The molecule has 0 saturated carbocycles. The van der Waals surface area contributed by atoms with Crippen LogP contribution in [-0.2, 0) is 16.0 Å². The summed E-state index contributed by atoms with van der Waals surface area (Å²) in [5, 5.41) is 2.83. The van der Waals surface area contributed by atoms with E-state index < -0.39 is 5.97 Å². The summed E-state index contributed by atoms with van der Waals surface area (Å²) in [6, 6.07) is 11.9. The molecule has 0 saturated heterocycles. The van der Waals surface area contributed by atoms with E-state index in [-0.39, 0.29) is 24.6 Å². The first-order valence-electron chi connectivity index (χ1n) is 11.5. The molecule has 1 aliphatic carbocycles. The Bertz CT molecular complexity index is 1190. The number of thiophene rings is 1. The van der Waals surface area contributed by atoms with Gasteiger partial charge >= 0.3 is 5.97 Å². The van der Waals surface area contributed by atoms with Gasteiger partial charge < -0.3 is 9.64 Å². The van der Waals surface area contributed by atoms with Gasteiger partial charge in [0.05, 0.1) is 16.8 Å². The van der Waals surface area contributed by atoms with Crippen molar-refractivity contribution < 1.29 is 14.3 Å². The number of pyridine rings is 1. The van der Waals surface area contributed by atoms with Gasteiger partial charge in [-0.1, -0.05) is 24.3 Å². The lowest BCUT2D eigenvalue weighted by atomic mass is 9.86. The first-order chi connectivity index (χ1) is 15.9. The van der Waals surface area contributed by atoms with Crippen LogP contribution in [0, 0.1) is 0 Å². The summed E-state index contributed by atoms with van der Waals surface area (Å²) in [5.74, 6) is -0.637. The number of para-hydroxylation sites is 1. The summed E-state index contributed by atoms with van der Waals surface area (Å²) in [4.78, 5) is 34.0. The van der Waals surface area contributed by atoms with Gasteiger partial charge in [0.1, 0.15) is 0 Å². The van der Waals surface area contributed by atoms with E-state index >= 15 is 0 Å². The number of carbonyl (C=O) groups excluding carboxylic acids is 2. The number of nitrogens with zero attached hydrogens (tertiary/aromatic N) is 2. The van der Waals surface area contributed by atoms with Crippen molar-refractivity contribution in [1.82, 2.24) is 9.88 Å². The van der Waals surface area contributed by atoms with Crippen LogP contribution in [0.25, 0.3) is 22.6 Å². The van der Waals surface area contributed by atoms with E-state index in [0.717, 1.165) is 47.0 Å². The van der Waals surface area contributed by atoms with E-state index in [1.807, 2.05) is 58.0 Å². The van der Waals surface area contributed by atoms with Crippen LogP contribution in [0.3, 0.4) is 0 Å². The van der Waals surface area contributed by atoms with E-state index in [1.165, 1.54) is 4.88 Å². The van der Waals surface area contributed by atoms with E-state index in [2.05, 4.69) is 17.5 Å². The summed E-state index contributed by atoms with van der Waals surface area (Å²) in [7, 11) is 0. The number of fused-ring (bicyclic) bond motifs is 2. The molecule has 5 nitrogen and oxygen atoms in total. The molecular weight excluding hydrogens is 432 g/mol. The summed E-state index contributed by atoms with van der Waals surface area (Å²) in [6.07, 6.45) is 4.79. The van der Waals surface area contributed by atoms with Crippen LogP contribution in [0.1, 0.15) is 67.0 Å². The summed E-state index contributed by atoms with van der Waals surface area (Å²) >= 11 is 1.69. The molecule has 33 heavy (non-hydrogen) atoms. The molecule has 0 bridgehead atoms. The fourth-order valence-corrected chi connectivity index (χ4v) is 5.38. The maximum atomic E-state index is 13.4. The largest absolute Gasteiger partial charge is 0.452 e. The molecule has 1 aromatic carbocycles. The molecule has 0 radical (unpaired) electrons. The minimum absolute atomic E-state index is 0.0377. The average Bonchev–Trinajstić information content (AvgIpc) is 3.29. The van der Waals surface area contributed by atoms with Crippen LogP contribution >= 0.6 is 11.3 Å². The van der Waals surface area contributed by atoms with Crippen LogP contribution in [0.4, 0.5) is 0 Å². The highest BCUT2D eigenvalue weighted by Gasteiger charge is 2.27. The number of hydrogen-bond donors (Lipinski definition) is 0. The molecule has 1 aliphatic rings. The molecule has 6 heteroatoms. The fraction of sp³-hybridized carbons (Fsp3) is 0.370. The molecule has 3 aromatic rings. The van der Waals surface area contributed by atoms with Crippen molar-refractivity contribution in [3.8, 4) is 0 Å². The zero-order chi connectivity index (χ0) is 23.5. The van der Waals surface area contributed by atoms with Crippen LogP contribution in [0.15, 0.2) is 41.8 Å². The fourth-order valence-electron chi connectivity index (χ4n) is 4.70. The monoisotopic (exact) mass is 462 g/mol. The van der Waals surface area contributed by atoms with Gasteiger partial charge in [-0.2, -0.15) is 0 Å². The molecule has 2 aromatic heterocycles. The molecule has 4 rings (SSSR count). The van der Waals surface area contributed by atoms with Crippen LogP contribution in [-0.4, -0.2) is 40.5 Å². The SMILES string of the molecule is CC(C)N(C(=O)COC(=O)c1c2c(nc3ccccc13)C(=Cc1cccs1)CCC2)C(C)C. The van der Waals surface area contributed by atoms with Crippen LogP contribution in [0.2, 0.25) is 0 Å². The Morgan fingerprint density at radius 3 is 2.55 bits per heavy atom. The Labute approximate surface area is 199 Å². The standard InChI is InChI=1S/C27H30N2O3S/c1-17(2)29(18(3)4)24(30)16-32-27(31)25-21-11-5-6-13-23(21)28-26-19(9-7-12-22(25)26)15-20-10-8-14-33-20/h5-6,8,10-11,13-15,17-18H,7,9,12,16H2,1-4H3. The molecule has 0 unspecified atom stereocenters. The number of rotatable bonds is 6. The predicted molar refractivity (Wildman–Crippen MR) is 134 cm³/mol. The van der Waals surface area contributed by atoms with Crippen molar-refractivity contribution in [2.45, 2.75) is 59.0 Å². The number of allylic oxidation sites excluding steroid dienone is 1. The average molecular weight is 463 g/mol. The minimum atomic E-state index is -0.456. The zero-order valence-corrected chi connectivity index (χ0v) is 20.4. The second-order valence-electron chi connectivity index (χ2n) is 8.93. The van der Waals surface area contributed by atoms with E-state index in [4.69, 9.17) is 9.72 Å². The zero-order valence-electron chi connectivity index (χ0n) is 19.6. The summed E-state index contributed by atoms with van der Waals surface area (Å²) in [5.41, 5.74) is 4.24. The Kier molecular flexibility index (Phi) is 6.94. The van der Waals surface area contributed by atoms with Gasteiger partial charge in [-0.3, -0.25) is 4.79 Å². The number of aromatic nitrogens is 1. The van der Waals surface area contributed by atoms with E-state index in [9.17, 15) is 9.59 Å². The van der Waals surface area contributed by atoms with Crippen molar-refractivity contribution in [1.29, 1.82) is 0 Å². The number of esters is 1. The van der Waals surface area contributed by atoms with Crippen molar-refractivity contribution >= 4 is 45.8 Å². The highest BCUT2D eigenvalue weighted by molar-refractivity contribution is 7.10.